The summed E-state index contributed by atoms with van der Waals surface area (Å²) in [6, 6.07) is 13.4. The average molecular weight is 419 g/mol. The molecular weight excluding hydrogens is 396 g/mol. The Kier molecular flexibility index (Phi) is 7.52. The van der Waals surface area contributed by atoms with Crippen LogP contribution in [0.3, 0.4) is 0 Å². The lowest BCUT2D eigenvalue weighted by Gasteiger charge is -2.37. The lowest BCUT2D eigenvalue weighted by atomic mass is 10.2. The summed E-state index contributed by atoms with van der Waals surface area (Å²) >= 11 is 6.02. The molecule has 0 heterocycles. The Morgan fingerprint density at radius 2 is 1.62 bits per heavy atom. The summed E-state index contributed by atoms with van der Waals surface area (Å²) in [7, 11) is -6.36. The van der Waals surface area contributed by atoms with Gasteiger partial charge in [-0.3, -0.25) is 0 Å². The fourth-order valence-corrected chi connectivity index (χ4v) is 7.73. The van der Waals surface area contributed by atoms with Gasteiger partial charge in [-0.2, -0.15) is 8.42 Å². The summed E-state index contributed by atoms with van der Waals surface area (Å²) in [6.07, 6.45) is 0. The van der Waals surface area contributed by atoms with Gasteiger partial charge in [0.05, 0.1) is 18.1 Å². The number of aliphatic hydroxyl groups is 2. The minimum Gasteiger partial charge on any atom is -0.395 e. The van der Waals surface area contributed by atoms with E-state index in [-0.39, 0.29) is 35.4 Å². The molecule has 0 aliphatic heterocycles. The zero-order valence-corrected chi connectivity index (χ0v) is 16.9. The van der Waals surface area contributed by atoms with Crippen LogP contribution in [0.5, 0.6) is 0 Å². The lowest BCUT2D eigenvalue weighted by molar-refractivity contribution is 0.312. The maximum absolute atomic E-state index is 12.8. The Balaban J connectivity index is 2.37. The van der Waals surface area contributed by atoms with Gasteiger partial charge in [0.1, 0.15) is 0 Å². The number of hydrogen-bond acceptors (Lipinski definition) is 5. The van der Waals surface area contributed by atoms with Crippen LogP contribution in [0, 0.1) is 6.92 Å². The molecule has 0 fully saturated rings. The zero-order chi connectivity index (χ0) is 19.2. The third-order valence-electron chi connectivity index (χ3n) is 3.79. The van der Waals surface area contributed by atoms with Crippen LogP contribution in [0.1, 0.15) is 11.1 Å². The van der Waals surface area contributed by atoms with Crippen molar-refractivity contribution in [3.8, 4) is 0 Å². The van der Waals surface area contributed by atoms with Gasteiger partial charge in [0.2, 0.25) is 0 Å². The molecule has 0 aliphatic rings. The largest absolute Gasteiger partial charge is 0.395 e. The number of hydrogen-bond donors (Lipinski definition) is 2. The molecule has 0 saturated carbocycles. The fraction of sp³-hybridized carbons (Fsp3) is 0.333. The second-order valence-corrected chi connectivity index (χ2v) is 11.3. The van der Waals surface area contributed by atoms with Crippen molar-refractivity contribution in [3.05, 3.63) is 64.7 Å². The standard InChI is InChI=1S/C18H23ClO5S2/c1-15-5-7-18(8-6-15)26(22,23)24-25(11-9-20,12-10-21)14-16-3-2-4-17(19)13-16/h2-8,13,20-21H,9-12,14H2,1H3. The van der Waals surface area contributed by atoms with Crippen LogP contribution in [0.4, 0.5) is 0 Å². The molecule has 144 valence electrons. The van der Waals surface area contributed by atoms with Crippen LogP contribution < -0.4 is 0 Å². The maximum Gasteiger partial charge on any atom is 0.306 e. The highest BCUT2D eigenvalue weighted by molar-refractivity contribution is 8.32. The zero-order valence-electron chi connectivity index (χ0n) is 14.5. The second-order valence-electron chi connectivity index (χ2n) is 5.93. The predicted molar refractivity (Wildman–Crippen MR) is 106 cm³/mol. The summed E-state index contributed by atoms with van der Waals surface area (Å²) < 4.78 is 31.2. The molecule has 0 atom stereocenters. The topological polar surface area (TPSA) is 83.8 Å². The molecule has 0 aromatic heterocycles. The van der Waals surface area contributed by atoms with Gasteiger partial charge in [-0.25, -0.2) is 3.63 Å². The lowest BCUT2D eigenvalue weighted by Crippen LogP contribution is -2.23. The number of aryl methyl sites for hydroxylation is 1. The van der Waals surface area contributed by atoms with Gasteiger partial charge in [-0.1, -0.05) is 41.4 Å². The third kappa shape index (κ3) is 5.70. The minimum absolute atomic E-state index is 0.0574. The van der Waals surface area contributed by atoms with Crippen LogP contribution in [0.25, 0.3) is 0 Å². The van der Waals surface area contributed by atoms with Gasteiger partial charge in [0.25, 0.3) is 0 Å². The molecule has 0 unspecified atom stereocenters. The van der Waals surface area contributed by atoms with E-state index in [0.717, 1.165) is 11.1 Å². The van der Waals surface area contributed by atoms with Crippen molar-refractivity contribution in [2.75, 3.05) is 24.7 Å². The van der Waals surface area contributed by atoms with Crippen LogP contribution in [0.15, 0.2) is 53.4 Å². The number of aliphatic hydroxyl groups excluding tert-OH is 2. The molecule has 5 nitrogen and oxygen atoms in total. The summed E-state index contributed by atoms with van der Waals surface area (Å²) in [4.78, 5) is 0.0574. The molecule has 26 heavy (non-hydrogen) atoms. The molecule has 0 aliphatic carbocycles. The van der Waals surface area contributed by atoms with E-state index in [1.54, 1.807) is 30.3 Å². The predicted octanol–water partition coefficient (Wildman–Crippen LogP) is 3.26. The first-order valence-electron chi connectivity index (χ1n) is 8.05. The third-order valence-corrected chi connectivity index (χ3v) is 9.46. The first-order chi connectivity index (χ1) is 12.3. The second kappa shape index (κ2) is 9.21. The van der Waals surface area contributed by atoms with E-state index in [4.69, 9.17) is 15.2 Å². The van der Waals surface area contributed by atoms with Crippen LogP contribution in [-0.4, -0.2) is 43.4 Å². The van der Waals surface area contributed by atoms with Crippen molar-refractivity contribution in [2.24, 2.45) is 0 Å². The van der Waals surface area contributed by atoms with E-state index < -0.39 is 20.4 Å². The quantitative estimate of drug-likeness (QED) is 0.653. The van der Waals surface area contributed by atoms with Crippen LogP contribution >= 0.6 is 21.9 Å². The highest BCUT2D eigenvalue weighted by atomic mass is 35.5. The Morgan fingerprint density at radius 3 is 2.15 bits per heavy atom. The highest BCUT2D eigenvalue weighted by Crippen LogP contribution is 2.54. The summed E-state index contributed by atoms with van der Waals surface area (Å²) in [5.41, 5.74) is 1.74. The Morgan fingerprint density at radius 1 is 1.00 bits per heavy atom. The molecule has 0 bridgehead atoms. The highest BCUT2D eigenvalue weighted by Gasteiger charge is 2.32. The monoisotopic (exact) mass is 418 g/mol. The molecule has 2 aromatic rings. The van der Waals surface area contributed by atoms with E-state index in [0.29, 0.717) is 5.02 Å². The molecule has 0 saturated heterocycles. The minimum atomic E-state index is -4.03. The van der Waals surface area contributed by atoms with Crippen LogP contribution in [-0.2, 0) is 19.5 Å². The summed E-state index contributed by atoms with van der Waals surface area (Å²) in [5.74, 6) is 0.566. The smallest absolute Gasteiger partial charge is 0.306 e. The van der Waals surface area contributed by atoms with E-state index >= 15 is 0 Å². The van der Waals surface area contributed by atoms with Crippen molar-refractivity contribution in [2.45, 2.75) is 17.6 Å². The molecule has 0 radical (unpaired) electrons. The maximum atomic E-state index is 12.8. The number of halogens is 1. The van der Waals surface area contributed by atoms with Gasteiger partial charge < -0.3 is 10.2 Å². The van der Waals surface area contributed by atoms with Crippen LogP contribution in [0.2, 0.25) is 5.02 Å². The molecule has 0 amide bonds. The first-order valence-corrected chi connectivity index (χ1v) is 11.9. The Labute approximate surface area is 161 Å². The number of benzene rings is 2. The van der Waals surface area contributed by atoms with Crippen molar-refractivity contribution in [1.82, 2.24) is 0 Å². The molecule has 8 heteroatoms. The molecule has 2 aromatic carbocycles. The molecular formula is C18H23ClO5S2. The van der Waals surface area contributed by atoms with Gasteiger partial charge in [-0.05, 0) is 36.8 Å². The van der Waals surface area contributed by atoms with Crippen molar-refractivity contribution < 1.29 is 22.3 Å². The van der Waals surface area contributed by atoms with E-state index in [1.165, 1.54) is 12.1 Å². The fourth-order valence-electron chi connectivity index (χ4n) is 2.54. The SMILES string of the molecule is Cc1ccc(S(=O)(=O)OS(CCO)(CCO)Cc2cccc(Cl)c2)cc1. The van der Waals surface area contributed by atoms with Crippen molar-refractivity contribution >= 4 is 32.0 Å². The van der Waals surface area contributed by atoms with E-state index in [2.05, 4.69) is 0 Å². The van der Waals surface area contributed by atoms with Gasteiger partial charge in [0, 0.05) is 22.3 Å². The molecule has 0 spiro atoms. The van der Waals surface area contributed by atoms with Gasteiger partial charge in [-0.15, -0.1) is 10.3 Å². The van der Waals surface area contributed by atoms with E-state index in [1.807, 2.05) is 13.0 Å². The van der Waals surface area contributed by atoms with Gasteiger partial charge in [0.15, 0.2) is 0 Å². The van der Waals surface area contributed by atoms with Crippen molar-refractivity contribution in [1.29, 1.82) is 0 Å². The Bertz CT molecular complexity index is 816. The Hall–Kier alpha value is -1.09. The van der Waals surface area contributed by atoms with Crippen molar-refractivity contribution in [3.63, 3.8) is 0 Å². The normalized spacial score (nSPS) is 12.9. The van der Waals surface area contributed by atoms with E-state index in [9.17, 15) is 18.6 Å². The summed E-state index contributed by atoms with van der Waals surface area (Å²) in [5, 5.41) is 19.5. The molecule has 2 rings (SSSR count). The first kappa shape index (κ1) is 21.2. The van der Waals surface area contributed by atoms with Gasteiger partial charge >= 0.3 is 10.1 Å². The summed E-state index contributed by atoms with van der Waals surface area (Å²) in [6.45, 7) is 1.39. The molecule has 2 N–H and O–H groups in total. The average Bonchev–Trinajstić information content (AvgIpc) is 2.55. The number of rotatable bonds is 9.